The Morgan fingerprint density at radius 2 is 2.06 bits per heavy atom. The van der Waals surface area contributed by atoms with Gasteiger partial charge >= 0.3 is 5.82 Å². The Balaban J connectivity index is 2.18. The van der Waals surface area contributed by atoms with E-state index >= 15 is 0 Å². The number of rotatable bonds is 4. The summed E-state index contributed by atoms with van der Waals surface area (Å²) in [7, 11) is 0. The molecule has 4 nitrogen and oxygen atoms in total. The highest BCUT2D eigenvalue weighted by atomic mass is 79.9. The second-order valence-electron chi connectivity index (χ2n) is 3.51. The topological polar surface area (TPSA) is 56.0 Å². The van der Waals surface area contributed by atoms with Crippen molar-refractivity contribution in [2.24, 2.45) is 0 Å². The van der Waals surface area contributed by atoms with Gasteiger partial charge in [0.25, 0.3) is 0 Å². The Labute approximate surface area is 117 Å². The molecule has 18 heavy (non-hydrogen) atoms. The van der Waals surface area contributed by atoms with Gasteiger partial charge < -0.3 is 10.1 Å². The molecule has 0 aliphatic heterocycles. The summed E-state index contributed by atoms with van der Waals surface area (Å²) in [4.78, 5) is 14.8. The second-order valence-corrected chi connectivity index (χ2v) is 5.44. The van der Waals surface area contributed by atoms with Crippen LogP contribution in [0.5, 0.6) is 0 Å². The standard InChI is InChI=1S/C12H9BrN2O2S/c13-10-6-11(12(14-7-10)15(16)17)18-8-9-4-2-1-3-5-9/h1-7H,8H2. The highest BCUT2D eigenvalue weighted by Gasteiger charge is 2.16. The highest BCUT2D eigenvalue weighted by molar-refractivity contribution is 9.10. The summed E-state index contributed by atoms with van der Waals surface area (Å²) in [5.74, 6) is 0.582. The number of halogens is 1. The summed E-state index contributed by atoms with van der Waals surface area (Å²) in [6.45, 7) is 0. The van der Waals surface area contributed by atoms with E-state index in [1.807, 2.05) is 30.3 Å². The van der Waals surface area contributed by atoms with Crippen LogP contribution in [0.25, 0.3) is 0 Å². The van der Waals surface area contributed by atoms with Crippen LogP contribution in [0.3, 0.4) is 0 Å². The highest BCUT2D eigenvalue weighted by Crippen LogP contribution is 2.31. The van der Waals surface area contributed by atoms with Crippen molar-refractivity contribution in [3.63, 3.8) is 0 Å². The molecule has 0 amide bonds. The molecule has 2 rings (SSSR count). The van der Waals surface area contributed by atoms with Gasteiger partial charge in [-0.05, 0) is 37.5 Å². The lowest BCUT2D eigenvalue weighted by Gasteiger charge is -2.03. The summed E-state index contributed by atoms with van der Waals surface area (Å²) in [6.07, 6.45) is 1.44. The van der Waals surface area contributed by atoms with Crippen LogP contribution in [0.1, 0.15) is 5.56 Å². The largest absolute Gasteiger partial charge is 0.377 e. The van der Waals surface area contributed by atoms with Gasteiger partial charge in [0.05, 0.1) is 4.47 Å². The summed E-state index contributed by atoms with van der Waals surface area (Å²) in [6, 6.07) is 11.5. The lowest BCUT2D eigenvalue weighted by Crippen LogP contribution is -1.94. The van der Waals surface area contributed by atoms with Crippen molar-refractivity contribution in [3.05, 3.63) is 62.7 Å². The van der Waals surface area contributed by atoms with Crippen molar-refractivity contribution in [1.82, 2.24) is 4.98 Å². The first kappa shape index (κ1) is 13.0. The van der Waals surface area contributed by atoms with E-state index in [1.54, 1.807) is 6.07 Å². The Bertz CT molecular complexity index is 563. The first-order valence-electron chi connectivity index (χ1n) is 5.13. The van der Waals surface area contributed by atoms with Crippen molar-refractivity contribution >= 4 is 33.5 Å². The van der Waals surface area contributed by atoms with Crippen molar-refractivity contribution in [1.29, 1.82) is 0 Å². The van der Waals surface area contributed by atoms with Gasteiger partial charge in [0.2, 0.25) is 0 Å². The van der Waals surface area contributed by atoms with E-state index in [4.69, 9.17) is 0 Å². The molecule has 0 radical (unpaired) electrons. The fourth-order valence-electron chi connectivity index (χ4n) is 1.39. The van der Waals surface area contributed by atoms with Crippen LogP contribution in [0.15, 0.2) is 52.0 Å². The van der Waals surface area contributed by atoms with Gasteiger partial charge in [-0.25, -0.2) is 0 Å². The number of benzene rings is 1. The van der Waals surface area contributed by atoms with Crippen LogP contribution in [0.4, 0.5) is 5.82 Å². The maximum atomic E-state index is 10.9. The van der Waals surface area contributed by atoms with Gasteiger partial charge in [0.1, 0.15) is 4.90 Å². The Morgan fingerprint density at radius 3 is 2.72 bits per heavy atom. The van der Waals surface area contributed by atoms with E-state index in [2.05, 4.69) is 20.9 Å². The van der Waals surface area contributed by atoms with E-state index in [-0.39, 0.29) is 5.82 Å². The molecule has 1 heterocycles. The fraction of sp³-hybridized carbons (Fsp3) is 0.0833. The molecule has 0 N–H and O–H groups in total. The summed E-state index contributed by atoms with van der Waals surface area (Å²) in [5.41, 5.74) is 1.12. The molecule has 6 heteroatoms. The minimum absolute atomic E-state index is 0.0980. The lowest BCUT2D eigenvalue weighted by atomic mass is 10.2. The monoisotopic (exact) mass is 324 g/mol. The molecule has 0 atom stereocenters. The SMILES string of the molecule is O=[N+]([O-])c1ncc(Br)cc1SCc1ccccc1. The molecule has 0 unspecified atom stereocenters. The fourth-order valence-corrected chi connectivity index (χ4v) is 2.86. The zero-order valence-electron chi connectivity index (χ0n) is 9.25. The van der Waals surface area contributed by atoms with E-state index in [1.165, 1.54) is 18.0 Å². The van der Waals surface area contributed by atoms with Gasteiger partial charge in [-0.2, -0.15) is 0 Å². The van der Waals surface area contributed by atoms with Gasteiger partial charge in [-0.1, -0.05) is 30.3 Å². The molecule has 0 bridgehead atoms. The van der Waals surface area contributed by atoms with Crippen molar-refractivity contribution in [2.45, 2.75) is 10.6 Å². The molecule has 92 valence electrons. The normalized spacial score (nSPS) is 10.3. The number of thioether (sulfide) groups is 1. The maximum Gasteiger partial charge on any atom is 0.377 e. The minimum atomic E-state index is -0.459. The van der Waals surface area contributed by atoms with E-state index < -0.39 is 4.92 Å². The lowest BCUT2D eigenvalue weighted by molar-refractivity contribution is -0.392. The predicted octanol–water partition coefficient (Wildman–Crippen LogP) is 4.04. The third-order valence-electron chi connectivity index (χ3n) is 2.21. The van der Waals surface area contributed by atoms with E-state index in [0.717, 1.165) is 10.0 Å². The number of nitrogens with zero attached hydrogens (tertiary/aromatic N) is 2. The quantitative estimate of drug-likeness (QED) is 0.483. The second kappa shape index (κ2) is 5.97. The number of hydrogen-bond donors (Lipinski definition) is 0. The van der Waals surface area contributed by atoms with Crippen molar-refractivity contribution in [3.8, 4) is 0 Å². The Morgan fingerprint density at radius 1 is 1.33 bits per heavy atom. The number of pyridine rings is 1. The molecule has 0 aliphatic carbocycles. The molecule has 1 aromatic carbocycles. The van der Waals surface area contributed by atoms with E-state index in [9.17, 15) is 10.1 Å². The molecule has 0 saturated carbocycles. The zero-order valence-corrected chi connectivity index (χ0v) is 11.6. The smallest absolute Gasteiger partial charge is 0.358 e. The first-order valence-corrected chi connectivity index (χ1v) is 6.91. The van der Waals surface area contributed by atoms with Crippen molar-refractivity contribution < 1.29 is 4.92 Å². The maximum absolute atomic E-state index is 10.9. The average molecular weight is 325 g/mol. The molecule has 0 saturated heterocycles. The third-order valence-corrected chi connectivity index (χ3v) is 3.73. The Kier molecular flexibility index (Phi) is 4.33. The molecular formula is C12H9BrN2O2S. The average Bonchev–Trinajstić information content (AvgIpc) is 2.37. The zero-order chi connectivity index (χ0) is 13.0. The van der Waals surface area contributed by atoms with Crippen LogP contribution in [-0.4, -0.2) is 9.91 Å². The van der Waals surface area contributed by atoms with Crippen LogP contribution >= 0.6 is 27.7 Å². The predicted molar refractivity (Wildman–Crippen MR) is 74.6 cm³/mol. The summed E-state index contributed by atoms with van der Waals surface area (Å²) in [5, 5.41) is 10.9. The van der Waals surface area contributed by atoms with Gasteiger partial charge in [0, 0.05) is 5.75 Å². The van der Waals surface area contributed by atoms with Crippen LogP contribution < -0.4 is 0 Å². The van der Waals surface area contributed by atoms with Gasteiger partial charge in [-0.3, -0.25) is 0 Å². The first-order chi connectivity index (χ1) is 8.66. The van der Waals surface area contributed by atoms with Crippen LogP contribution in [0, 0.1) is 10.1 Å². The van der Waals surface area contributed by atoms with Gasteiger partial charge in [0.15, 0.2) is 6.20 Å². The molecule has 0 fully saturated rings. The summed E-state index contributed by atoms with van der Waals surface area (Å²) >= 11 is 4.68. The number of nitro groups is 1. The molecule has 2 aromatic rings. The van der Waals surface area contributed by atoms with Gasteiger partial charge in [-0.15, -0.1) is 11.8 Å². The van der Waals surface area contributed by atoms with Crippen LogP contribution in [0.2, 0.25) is 0 Å². The van der Waals surface area contributed by atoms with E-state index in [0.29, 0.717) is 10.6 Å². The third kappa shape index (κ3) is 3.30. The molecule has 0 aliphatic rings. The van der Waals surface area contributed by atoms with Crippen molar-refractivity contribution in [2.75, 3.05) is 0 Å². The molecule has 0 spiro atoms. The Hall–Kier alpha value is -1.40. The minimum Gasteiger partial charge on any atom is -0.358 e. The molecule has 1 aromatic heterocycles. The number of hydrogen-bond acceptors (Lipinski definition) is 4. The summed E-state index contributed by atoms with van der Waals surface area (Å²) < 4.78 is 0.740. The number of aromatic nitrogens is 1. The molecular weight excluding hydrogens is 316 g/mol. The van der Waals surface area contributed by atoms with Crippen LogP contribution in [-0.2, 0) is 5.75 Å².